The van der Waals surface area contributed by atoms with E-state index in [1.165, 1.54) is 54.6 Å². The van der Waals surface area contributed by atoms with Crippen LogP contribution in [0.1, 0.15) is 46.9 Å². The van der Waals surface area contributed by atoms with Crippen LogP contribution in [-0.4, -0.2) is 33.1 Å². The minimum absolute atomic E-state index is 0.0149. The number of nitrogens with one attached hydrogen (secondary N) is 1. The Labute approximate surface area is 215 Å². The van der Waals surface area contributed by atoms with Gasteiger partial charge in [0.2, 0.25) is 0 Å². The number of aliphatic carboxylic acids is 1. The number of carbonyl (C=O) groups is 2. The molecule has 4 aromatic rings. The summed E-state index contributed by atoms with van der Waals surface area (Å²) in [6.07, 6.45) is -3.47. The first kappa shape index (κ1) is 26.7. The third kappa shape index (κ3) is 6.50. The van der Waals surface area contributed by atoms with Gasteiger partial charge in [-0.1, -0.05) is 30.3 Å². The van der Waals surface area contributed by atoms with Gasteiger partial charge in [-0.25, -0.2) is 14.4 Å². The molecule has 4 rings (SSSR count). The van der Waals surface area contributed by atoms with Crippen LogP contribution in [0.3, 0.4) is 0 Å². The Morgan fingerprint density at radius 3 is 2.26 bits per heavy atom. The first-order valence-electron chi connectivity index (χ1n) is 11.8. The third-order valence-electron chi connectivity index (χ3n) is 5.91. The molecule has 0 spiro atoms. The van der Waals surface area contributed by atoms with Crippen molar-refractivity contribution >= 4 is 22.9 Å². The molecule has 0 unspecified atom stereocenters. The van der Waals surface area contributed by atoms with Gasteiger partial charge in [-0.3, -0.25) is 9.59 Å². The summed E-state index contributed by atoms with van der Waals surface area (Å²) in [4.78, 5) is 33.0. The number of unbranched alkanes of at least 4 members (excludes halogenated alkanes) is 1. The molecule has 0 aliphatic rings. The highest BCUT2D eigenvalue weighted by Gasteiger charge is 2.42. The fourth-order valence-corrected chi connectivity index (χ4v) is 4.03. The molecule has 10 heteroatoms. The van der Waals surface area contributed by atoms with Gasteiger partial charge in [-0.2, -0.15) is 13.2 Å². The summed E-state index contributed by atoms with van der Waals surface area (Å²) in [7, 11) is 0. The summed E-state index contributed by atoms with van der Waals surface area (Å²) in [5.41, 5.74) is 2.15. The van der Waals surface area contributed by atoms with Crippen molar-refractivity contribution in [2.75, 3.05) is 0 Å². The average molecular weight is 526 g/mol. The van der Waals surface area contributed by atoms with Gasteiger partial charge in [-0.05, 0) is 67.3 Å². The van der Waals surface area contributed by atoms with E-state index in [1.54, 1.807) is 18.2 Å². The van der Waals surface area contributed by atoms with E-state index in [4.69, 9.17) is 5.11 Å². The van der Waals surface area contributed by atoms with Crippen molar-refractivity contribution in [3.8, 4) is 11.3 Å². The van der Waals surface area contributed by atoms with E-state index in [-0.39, 0.29) is 17.5 Å². The molecular weight excluding hydrogens is 502 g/mol. The highest BCUT2D eigenvalue weighted by Crippen LogP contribution is 2.33. The fraction of sp³-hybridized carbons (Fsp3) is 0.214. The molecular formula is C28H23F4N3O3. The lowest BCUT2D eigenvalue weighted by Gasteiger charge is -2.22. The van der Waals surface area contributed by atoms with Gasteiger partial charge in [-0.15, -0.1) is 0 Å². The summed E-state index contributed by atoms with van der Waals surface area (Å²) in [5, 5.41) is 11.0. The highest BCUT2D eigenvalue weighted by molar-refractivity contribution is 5.97. The zero-order valence-electron chi connectivity index (χ0n) is 20.0. The van der Waals surface area contributed by atoms with E-state index >= 15 is 0 Å². The summed E-state index contributed by atoms with van der Waals surface area (Å²) in [5.74, 6) is -2.27. The van der Waals surface area contributed by atoms with Crippen LogP contribution in [-0.2, 0) is 11.2 Å². The lowest BCUT2D eigenvalue weighted by atomic mass is 10.0. The van der Waals surface area contributed by atoms with Gasteiger partial charge in [0.05, 0.1) is 22.4 Å². The molecule has 3 aromatic carbocycles. The van der Waals surface area contributed by atoms with Crippen molar-refractivity contribution in [2.24, 2.45) is 0 Å². The summed E-state index contributed by atoms with van der Waals surface area (Å²) in [6.45, 7) is 0. The smallest absolute Gasteiger partial charge is 0.412 e. The molecule has 1 aromatic heterocycles. The molecule has 196 valence electrons. The number of aromatic nitrogens is 2. The number of fused-ring (bicyclic) bond motifs is 1. The minimum atomic E-state index is -4.71. The standard InChI is InChI=1S/C28H23F4N3O3/c29-20-13-10-17(11-14-20)25-22(8-4-5-9-24(36)37)33-23-16-19(12-15-21(23)34-25)27(38)35-26(28(30,31)32)18-6-2-1-3-7-18/h1-3,6-7,10-16,26H,4-5,8-9H2,(H,35,38)(H,36,37)/t26-/m1/s1. The van der Waals surface area contributed by atoms with Gasteiger partial charge < -0.3 is 10.4 Å². The van der Waals surface area contributed by atoms with Crippen LogP contribution in [0, 0.1) is 5.82 Å². The van der Waals surface area contributed by atoms with E-state index in [1.807, 2.05) is 0 Å². The quantitative estimate of drug-likeness (QED) is 0.199. The van der Waals surface area contributed by atoms with Crippen LogP contribution in [0.2, 0.25) is 0 Å². The molecule has 1 amide bonds. The minimum Gasteiger partial charge on any atom is -0.481 e. The first-order chi connectivity index (χ1) is 18.1. The monoisotopic (exact) mass is 525 g/mol. The molecule has 0 aliphatic heterocycles. The SMILES string of the molecule is O=C(O)CCCCc1nc2cc(C(=O)N[C@H](c3ccccc3)C(F)(F)F)ccc2nc1-c1ccc(F)cc1. The van der Waals surface area contributed by atoms with Crippen LogP contribution in [0.4, 0.5) is 17.6 Å². The van der Waals surface area contributed by atoms with Crippen LogP contribution >= 0.6 is 0 Å². The Kier molecular flexibility index (Phi) is 7.99. The average Bonchev–Trinajstić information content (AvgIpc) is 2.89. The van der Waals surface area contributed by atoms with E-state index in [0.717, 1.165) is 0 Å². The van der Waals surface area contributed by atoms with Crippen LogP contribution in [0.25, 0.3) is 22.3 Å². The van der Waals surface area contributed by atoms with E-state index in [0.29, 0.717) is 47.2 Å². The number of carboxylic acid groups (broad SMARTS) is 1. The van der Waals surface area contributed by atoms with Gasteiger partial charge in [0.15, 0.2) is 6.04 Å². The number of nitrogens with zero attached hydrogens (tertiary/aromatic N) is 2. The Morgan fingerprint density at radius 2 is 1.61 bits per heavy atom. The predicted octanol–water partition coefficient (Wildman–Crippen LogP) is 6.27. The Hall–Kier alpha value is -4.34. The molecule has 1 atom stereocenters. The topological polar surface area (TPSA) is 92.2 Å². The highest BCUT2D eigenvalue weighted by atomic mass is 19.4. The maximum absolute atomic E-state index is 13.7. The summed E-state index contributed by atoms with van der Waals surface area (Å²) in [6, 6.07) is 14.8. The zero-order chi connectivity index (χ0) is 27.3. The molecule has 0 bridgehead atoms. The second kappa shape index (κ2) is 11.4. The van der Waals surface area contributed by atoms with Crippen molar-refractivity contribution < 1.29 is 32.3 Å². The molecule has 0 saturated carbocycles. The maximum atomic E-state index is 13.7. The molecule has 2 N–H and O–H groups in total. The number of amides is 1. The number of hydrogen-bond acceptors (Lipinski definition) is 4. The molecule has 0 aliphatic carbocycles. The van der Waals surface area contributed by atoms with Crippen molar-refractivity contribution in [1.82, 2.24) is 15.3 Å². The third-order valence-corrected chi connectivity index (χ3v) is 5.91. The number of rotatable bonds is 9. The summed E-state index contributed by atoms with van der Waals surface area (Å²) >= 11 is 0. The van der Waals surface area contributed by atoms with Crippen molar-refractivity contribution in [3.05, 3.63) is 95.4 Å². The fourth-order valence-electron chi connectivity index (χ4n) is 4.03. The van der Waals surface area contributed by atoms with Crippen molar-refractivity contribution in [1.29, 1.82) is 0 Å². The number of halogens is 4. The second-order valence-corrected chi connectivity index (χ2v) is 8.69. The van der Waals surface area contributed by atoms with Crippen LogP contribution in [0.15, 0.2) is 72.8 Å². The number of carbonyl (C=O) groups excluding carboxylic acids is 1. The van der Waals surface area contributed by atoms with Gasteiger partial charge in [0, 0.05) is 17.5 Å². The molecule has 0 radical (unpaired) electrons. The van der Waals surface area contributed by atoms with Crippen molar-refractivity contribution in [3.63, 3.8) is 0 Å². The number of aryl methyl sites for hydroxylation is 1. The molecule has 6 nitrogen and oxygen atoms in total. The molecule has 38 heavy (non-hydrogen) atoms. The van der Waals surface area contributed by atoms with E-state index in [2.05, 4.69) is 15.3 Å². The molecule has 0 fully saturated rings. The van der Waals surface area contributed by atoms with Crippen LogP contribution in [0.5, 0.6) is 0 Å². The van der Waals surface area contributed by atoms with Crippen LogP contribution < -0.4 is 5.32 Å². The Balaban J connectivity index is 1.67. The van der Waals surface area contributed by atoms with Gasteiger partial charge in [0.25, 0.3) is 5.91 Å². The second-order valence-electron chi connectivity index (χ2n) is 8.69. The van der Waals surface area contributed by atoms with Crippen molar-refractivity contribution in [2.45, 2.75) is 37.9 Å². The number of hydrogen-bond donors (Lipinski definition) is 2. The zero-order valence-corrected chi connectivity index (χ0v) is 20.0. The Bertz CT molecular complexity index is 1440. The molecule has 0 saturated heterocycles. The van der Waals surface area contributed by atoms with E-state index in [9.17, 15) is 27.2 Å². The number of carboxylic acids is 1. The predicted molar refractivity (Wildman–Crippen MR) is 133 cm³/mol. The summed E-state index contributed by atoms with van der Waals surface area (Å²) < 4.78 is 54.6. The lowest BCUT2D eigenvalue weighted by molar-refractivity contribution is -0.155. The van der Waals surface area contributed by atoms with Gasteiger partial charge >= 0.3 is 12.1 Å². The number of benzene rings is 3. The molecule has 1 heterocycles. The largest absolute Gasteiger partial charge is 0.481 e. The first-order valence-corrected chi connectivity index (χ1v) is 11.8. The van der Waals surface area contributed by atoms with Gasteiger partial charge in [0.1, 0.15) is 5.82 Å². The maximum Gasteiger partial charge on any atom is 0.412 e. The lowest BCUT2D eigenvalue weighted by Crippen LogP contribution is -2.38. The number of alkyl halides is 3. The normalized spacial score (nSPS) is 12.3. The Morgan fingerprint density at radius 1 is 0.895 bits per heavy atom. The van der Waals surface area contributed by atoms with E-state index < -0.39 is 29.9 Å².